The number of nitrogens with two attached hydrogens (primary N) is 1. The number of primary amides is 1. The molecular weight excluding hydrogens is 262 g/mol. The summed E-state index contributed by atoms with van der Waals surface area (Å²) in [5.74, 6) is 0. The Labute approximate surface area is 125 Å². The molecule has 4 nitrogen and oxygen atoms in total. The molecule has 110 valence electrons. The molecule has 4 N–H and O–H groups in total. The Kier molecular flexibility index (Phi) is 4.48. The van der Waals surface area contributed by atoms with Gasteiger partial charge in [0, 0.05) is 17.4 Å². The zero-order chi connectivity index (χ0) is 15.4. The van der Waals surface area contributed by atoms with Crippen LogP contribution in [-0.2, 0) is 0 Å². The number of carbonyl (C=O) groups is 1. The molecule has 0 aliphatic rings. The predicted octanol–water partition coefficient (Wildman–Crippen LogP) is 3.97. The van der Waals surface area contributed by atoms with Crippen LogP contribution in [0.3, 0.4) is 0 Å². The molecule has 2 aromatic carbocycles. The van der Waals surface area contributed by atoms with Gasteiger partial charge in [-0.2, -0.15) is 0 Å². The number of hydrogen-bond acceptors (Lipinski definition) is 2. The van der Waals surface area contributed by atoms with E-state index in [1.165, 1.54) is 16.7 Å². The fourth-order valence-corrected chi connectivity index (χ4v) is 2.38. The highest BCUT2D eigenvalue weighted by atomic mass is 16.2. The van der Waals surface area contributed by atoms with Gasteiger partial charge in [-0.05, 0) is 50.1 Å². The van der Waals surface area contributed by atoms with Crippen LogP contribution in [-0.4, -0.2) is 6.03 Å². The van der Waals surface area contributed by atoms with Crippen LogP contribution >= 0.6 is 0 Å². The molecule has 4 heteroatoms. The monoisotopic (exact) mass is 283 g/mol. The molecule has 0 aliphatic heterocycles. The van der Waals surface area contributed by atoms with Crippen LogP contribution in [0.5, 0.6) is 0 Å². The van der Waals surface area contributed by atoms with Crippen molar-refractivity contribution in [3.63, 3.8) is 0 Å². The summed E-state index contributed by atoms with van der Waals surface area (Å²) in [6, 6.07) is 13.6. The first-order chi connectivity index (χ1) is 9.95. The molecule has 2 aromatic rings. The van der Waals surface area contributed by atoms with E-state index in [1.54, 1.807) is 6.07 Å². The Bertz CT molecular complexity index is 652. The quantitative estimate of drug-likeness (QED) is 0.794. The third-order valence-corrected chi connectivity index (χ3v) is 3.41. The zero-order valence-corrected chi connectivity index (χ0v) is 12.6. The average molecular weight is 283 g/mol. The smallest absolute Gasteiger partial charge is 0.316 e. The number of benzene rings is 2. The normalized spacial score (nSPS) is 11.8. The lowest BCUT2D eigenvalue weighted by molar-refractivity contribution is 0.259. The van der Waals surface area contributed by atoms with E-state index in [-0.39, 0.29) is 6.04 Å². The number of nitrogens with one attached hydrogen (secondary N) is 2. The van der Waals surface area contributed by atoms with Crippen molar-refractivity contribution in [2.75, 3.05) is 10.6 Å². The highest BCUT2D eigenvalue weighted by molar-refractivity contribution is 5.88. The van der Waals surface area contributed by atoms with E-state index in [0.29, 0.717) is 5.69 Å². The fraction of sp³-hybridized carbons (Fsp3) is 0.235. The molecule has 0 saturated heterocycles. The Morgan fingerprint density at radius 2 is 1.81 bits per heavy atom. The molecule has 0 heterocycles. The van der Waals surface area contributed by atoms with Gasteiger partial charge in [0.15, 0.2) is 0 Å². The van der Waals surface area contributed by atoms with Crippen molar-refractivity contribution in [2.24, 2.45) is 5.73 Å². The van der Waals surface area contributed by atoms with Crippen LogP contribution in [0, 0.1) is 13.8 Å². The minimum atomic E-state index is -0.560. The van der Waals surface area contributed by atoms with Gasteiger partial charge >= 0.3 is 6.03 Å². The van der Waals surface area contributed by atoms with E-state index in [9.17, 15) is 4.79 Å². The van der Waals surface area contributed by atoms with E-state index in [0.717, 1.165) is 5.69 Å². The molecule has 0 fully saturated rings. The summed E-state index contributed by atoms with van der Waals surface area (Å²) in [5.41, 5.74) is 10.5. The van der Waals surface area contributed by atoms with Crippen molar-refractivity contribution in [3.8, 4) is 0 Å². The second-order valence-electron chi connectivity index (χ2n) is 5.30. The average Bonchev–Trinajstić information content (AvgIpc) is 2.41. The van der Waals surface area contributed by atoms with Gasteiger partial charge in [0.1, 0.15) is 0 Å². The predicted molar refractivity (Wildman–Crippen MR) is 87.6 cm³/mol. The van der Waals surface area contributed by atoms with Gasteiger partial charge in [-0.15, -0.1) is 0 Å². The van der Waals surface area contributed by atoms with E-state index in [2.05, 4.69) is 49.6 Å². The highest BCUT2D eigenvalue weighted by Crippen LogP contribution is 2.24. The second kappa shape index (κ2) is 6.31. The van der Waals surface area contributed by atoms with Crippen molar-refractivity contribution < 1.29 is 4.79 Å². The Morgan fingerprint density at radius 3 is 2.52 bits per heavy atom. The Hall–Kier alpha value is -2.49. The first kappa shape index (κ1) is 14.9. The van der Waals surface area contributed by atoms with Crippen LogP contribution in [0.25, 0.3) is 0 Å². The summed E-state index contributed by atoms with van der Waals surface area (Å²) in [6.45, 7) is 6.32. The minimum absolute atomic E-state index is 0.175. The maximum Gasteiger partial charge on any atom is 0.316 e. The molecule has 0 bridgehead atoms. The Balaban J connectivity index is 2.17. The molecule has 0 spiro atoms. The van der Waals surface area contributed by atoms with Crippen LogP contribution in [0.2, 0.25) is 0 Å². The van der Waals surface area contributed by atoms with Crippen molar-refractivity contribution in [1.82, 2.24) is 0 Å². The molecule has 0 aromatic heterocycles. The summed E-state index contributed by atoms with van der Waals surface area (Å²) >= 11 is 0. The standard InChI is InChI=1S/C17H21N3O/c1-11-7-8-12(2)16(9-11)13(3)19-14-5-4-6-15(10-14)20-17(18)21/h4-10,13,19H,1-3H3,(H3,18,20,21). The topological polar surface area (TPSA) is 67.2 Å². The lowest BCUT2D eigenvalue weighted by atomic mass is 10.00. The van der Waals surface area contributed by atoms with Crippen molar-refractivity contribution in [1.29, 1.82) is 0 Å². The van der Waals surface area contributed by atoms with Crippen molar-refractivity contribution >= 4 is 17.4 Å². The van der Waals surface area contributed by atoms with E-state index in [4.69, 9.17) is 5.73 Å². The molecule has 0 saturated carbocycles. The number of rotatable bonds is 4. The first-order valence-corrected chi connectivity index (χ1v) is 6.96. The third-order valence-electron chi connectivity index (χ3n) is 3.41. The fourth-order valence-electron chi connectivity index (χ4n) is 2.38. The van der Waals surface area contributed by atoms with E-state index < -0.39 is 6.03 Å². The molecule has 1 unspecified atom stereocenters. The molecule has 2 amide bonds. The number of hydrogen-bond donors (Lipinski definition) is 3. The van der Waals surface area contributed by atoms with Gasteiger partial charge in [0.2, 0.25) is 0 Å². The number of urea groups is 1. The number of anilines is 2. The van der Waals surface area contributed by atoms with Gasteiger partial charge in [0.25, 0.3) is 0 Å². The van der Waals surface area contributed by atoms with Crippen LogP contribution in [0.4, 0.5) is 16.2 Å². The summed E-state index contributed by atoms with van der Waals surface area (Å²) in [6.07, 6.45) is 0. The zero-order valence-electron chi connectivity index (χ0n) is 12.6. The van der Waals surface area contributed by atoms with Crippen LogP contribution in [0.1, 0.15) is 29.7 Å². The van der Waals surface area contributed by atoms with Gasteiger partial charge in [0.05, 0.1) is 0 Å². The molecule has 1 atom stereocenters. The minimum Gasteiger partial charge on any atom is -0.378 e. The molecule has 0 radical (unpaired) electrons. The largest absolute Gasteiger partial charge is 0.378 e. The SMILES string of the molecule is Cc1ccc(C)c(C(C)Nc2cccc(NC(N)=O)c2)c1. The first-order valence-electron chi connectivity index (χ1n) is 6.96. The maximum absolute atomic E-state index is 10.9. The number of amides is 2. The summed E-state index contributed by atoms with van der Waals surface area (Å²) < 4.78 is 0. The van der Waals surface area contributed by atoms with Gasteiger partial charge in [-0.25, -0.2) is 4.79 Å². The van der Waals surface area contributed by atoms with Gasteiger partial charge in [-0.3, -0.25) is 0 Å². The Morgan fingerprint density at radius 1 is 1.10 bits per heavy atom. The highest BCUT2D eigenvalue weighted by Gasteiger charge is 2.09. The third kappa shape index (κ3) is 3.99. The lowest BCUT2D eigenvalue weighted by Gasteiger charge is -2.19. The molecule has 0 aliphatic carbocycles. The second-order valence-corrected chi connectivity index (χ2v) is 5.30. The number of aryl methyl sites for hydroxylation is 2. The van der Waals surface area contributed by atoms with Gasteiger partial charge in [-0.1, -0.05) is 29.8 Å². The van der Waals surface area contributed by atoms with E-state index in [1.807, 2.05) is 18.2 Å². The summed E-state index contributed by atoms with van der Waals surface area (Å²) in [7, 11) is 0. The summed E-state index contributed by atoms with van der Waals surface area (Å²) in [5, 5.41) is 6.03. The maximum atomic E-state index is 10.9. The lowest BCUT2D eigenvalue weighted by Crippen LogP contribution is -2.19. The molecular formula is C17H21N3O. The van der Waals surface area contributed by atoms with Crippen molar-refractivity contribution in [2.45, 2.75) is 26.8 Å². The molecule has 2 rings (SSSR count). The van der Waals surface area contributed by atoms with E-state index >= 15 is 0 Å². The van der Waals surface area contributed by atoms with Gasteiger partial charge < -0.3 is 16.4 Å². The summed E-state index contributed by atoms with van der Waals surface area (Å²) in [4.78, 5) is 10.9. The number of carbonyl (C=O) groups excluding carboxylic acids is 1. The van der Waals surface area contributed by atoms with Crippen molar-refractivity contribution in [3.05, 3.63) is 59.2 Å². The van der Waals surface area contributed by atoms with Crippen LogP contribution < -0.4 is 16.4 Å². The molecule has 21 heavy (non-hydrogen) atoms. The van der Waals surface area contributed by atoms with Crippen LogP contribution in [0.15, 0.2) is 42.5 Å².